The largest absolute Gasteiger partial charge is 0.207 e. The standard InChI is InChI=1S/C14H9F2NS/c15-12-5-6-13(16)14(7-12)18-9-11-4-2-1-3-10(11)8-17/h1-7H,9H2. The van der Waals surface area contributed by atoms with E-state index >= 15 is 0 Å². The number of halogens is 2. The molecule has 1 nitrogen and oxygen atoms in total. The van der Waals surface area contributed by atoms with Gasteiger partial charge in [-0.05, 0) is 29.8 Å². The molecule has 0 aliphatic carbocycles. The molecule has 0 aliphatic heterocycles. The molecule has 0 spiro atoms. The summed E-state index contributed by atoms with van der Waals surface area (Å²) in [4.78, 5) is 0.253. The molecule has 0 N–H and O–H groups in total. The molecule has 2 aromatic rings. The molecule has 0 atom stereocenters. The summed E-state index contributed by atoms with van der Waals surface area (Å²) in [6.45, 7) is 0. The minimum atomic E-state index is -0.465. The van der Waals surface area contributed by atoms with Crippen LogP contribution < -0.4 is 0 Å². The first-order valence-electron chi connectivity index (χ1n) is 5.26. The van der Waals surface area contributed by atoms with Crippen LogP contribution in [0.3, 0.4) is 0 Å². The smallest absolute Gasteiger partial charge is 0.136 e. The summed E-state index contributed by atoms with van der Waals surface area (Å²) in [5.41, 5.74) is 1.37. The van der Waals surface area contributed by atoms with Gasteiger partial charge in [-0.1, -0.05) is 18.2 Å². The molecule has 0 amide bonds. The third kappa shape index (κ3) is 2.88. The quantitative estimate of drug-likeness (QED) is 0.776. The molecule has 2 aromatic carbocycles. The van der Waals surface area contributed by atoms with E-state index in [1.165, 1.54) is 11.8 Å². The van der Waals surface area contributed by atoms with Crippen LogP contribution >= 0.6 is 11.8 Å². The second kappa shape index (κ2) is 5.65. The average Bonchev–Trinajstić information content (AvgIpc) is 2.40. The molecule has 0 aromatic heterocycles. The van der Waals surface area contributed by atoms with Gasteiger partial charge in [0.15, 0.2) is 0 Å². The lowest BCUT2D eigenvalue weighted by molar-refractivity contribution is 0.577. The Hall–Kier alpha value is -1.86. The third-order valence-corrected chi connectivity index (χ3v) is 3.49. The van der Waals surface area contributed by atoms with Crippen molar-refractivity contribution >= 4 is 11.8 Å². The number of benzene rings is 2. The molecule has 18 heavy (non-hydrogen) atoms. The van der Waals surface area contributed by atoms with E-state index in [2.05, 4.69) is 6.07 Å². The Bertz CT molecular complexity index is 605. The number of rotatable bonds is 3. The number of hydrogen-bond acceptors (Lipinski definition) is 2. The zero-order valence-electron chi connectivity index (χ0n) is 9.36. The SMILES string of the molecule is N#Cc1ccccc1CSc1cc(F)ccc1F. The van der Waals surface area contributed by atoms with Crippen LogP contribution in [-0.2, 0) is 5.75 Å². The molecule has 0 unspecified atom stereocenters. The van der Waals surface area contributed by atoms with Crippen molar-refractivity contribution in [2.75, 3.05) is 0 Å². The zero-order chi connectivity index (χ0) is 13.0. The van der Waals surface area contributed by atoms with E-state index in [-0.39, 0.29) is 4.90 Å². The average molecular weight is 261 g/mol. The summed E-state index contributed by atoms with van der Waals surface area (Å²) < 4.78 is 26.4. The van der Waals surface area contributed by atoms with E-state index in [4.69, 9.17) is 5.26 Å². The fourth-order valence-electron chi connectivity index (χ4n) is 1.50. The Morgan fingerprint density at radius 3 is 2.67 bits per heavy atom. The molecule has 2 rings (SSSR count). The van der Waals surface area contributed by atoms with Crippen molar-refractivity contribution in [3.63, 3.8) is 0 Å². The van der Waals surface area contributed by atoms with Crippen LogP contribution in [0.25, 0.3) is 0 Å². The molecule has 0 heterocycles. The van der Waals surface area contributed by atoms with Crippen LogP contribution in [-0.4, -0.2) is 0 Å². The number of nitriles is 1. The minimum absolute atomic E-state index is 0.253. The summed E-state index contributed by atoms with van der Waals surface area (Å²) >= 11 is 1.18. The summed E-state index contributed by atoms with van der Waals surface area (Å²) in [5.74, 6) is -0.479. The maximum Gasteiger partial charge on any atom is 0.136 e. The molecule has 0 fully saturated rings. The van der Waals surface area contributed by atoms with Crippen LogP contribution in [0.1, 0.15) is 11.1 Å². The lowest BCUT2D eigenvalue weighted by atomic mass is 10.1. The van der Waals surface area contributed by atoms with Gasteiger partial charge in [-0.25, -0.2) is 8.78 Å². The molecule has 0 saturated heterocycles. The first kappa shape index (κ1) is 12.6. The van der Waals surface area contributed by atoms with Crippen LogP contribution in [0.15, 0.2) is 47.4 Å². The van der Waals surface area contributed by atoms with Crippen molar-refractivity contribution in [2.24, 2.45) is 0 Å². The Kier molecular flexibility index (Phi) is 3.96. The maximum atomic E-state index is 13.4. The number of hydrogen-bond donors (Lipinski definition) is 0. The predicted octanol–water partition coefficient (Wildman–Crippen LogP) is 4.13. The van der Waals surface area contributed by atoms with Gasteiger partial charge in [0.2, 0.25) is 0 Å². The van der Waals surface area contributed by atoms with E-state index < -0.39 is 11.6 Å². The second-order valence-corrected chi connectivity index (χ2v) is 4.65. The molecular formula is C14H9F2NS. The van der Waals surface area contributed by atoms with Gasteiger partial charge in [0, 0.05) is 10.6 Å². The van der Waals surface area contributed by atoms with Crippen molar-refractivity contribution in [1.29, 1.82) is 5.26 Å². The lowest BCUT2D eigenvalue weighted by Gasteiger charge is -2.05. The summed E-state index contributed by atoms with van der Waals surface area (Å²) in [6, 6.07) is 12.5. The Balaban J connectivity index is 2.17. The van der Waals surface area contributed by atoms with E-state index in [1.807, 2.05) is 12.1 Å². The predicted molar refractivity (Wildman–Crippen MR) is 67.1 cm³/mol. The normalized spacial score (nSPS) is 10.1. The van der Waals surface area contributed by atoms with E-state index in [9.17, 15) is 8.78 Å². The molecule has 0 saturated carbocycles. The first-order valence-corrected chi connectivity index (χ1v) is 6.25. The number of nitrogens with zero attached hydrogens (tertiary/aromatic N) is 1. The Morgan fingerprint density at radius 2 is 1.89 bits per heavy atom. The fraction of sp³-hybridized carbons (Fsp3) is 0.0714. The Labute approximate surface area is 108 Å². The molecular weight excluding hydrogens is 252 g/mol. The van der Waals surface area contributed by atoms with Crippen molar-refractivity contribution in [3.8, 4) is 6.07 Å². The monoisotopic (exact) mass is 261 g/mol. The van der Waals surface area contributed by atoms with E-state index in [0.29, 0.717) is 11.3 Å². The van der Waals surface area contributed by atoms with Crippen molar-refractivity contribution in [3.05, 3.63) is 65.2 Å². The summed E-state index contributed by atoms with van der Waals surface area (Å²) in [6.07, 6.45) is 0. The van der Waals surface area contributed by atoms with Crippen LogP contribution in [0.5, 0.6) is 0 Å². The van der Waals surface area contributed by atoms with Crippen LogP contribution in [0.4, 0.5) is 8.78 Å². The highest BCUT2D eigenvalue weighted by Gasteiger charge is 2.07. The van der Waals surface area contributed by atoms with Gasteiger partial charge in [0.25, 0.3) is 0 Å². The molecule has 4 heteroatoms. The van der Waals surface area contributed by atoms with Crippen molar-refractivity contribution < 1.29 is 8.78 Å². The second-order valence-electron chi connectivity index (χ2n) is 3.63. The minimum Gasteiger partial charge on any atom is -0.207 e. The van der Waals surface area contributed by atoms with Gasteiger partial charge in [0.05, 0.1) is 11.6 Å². The van der Waals surface area contributed by atoms with Gasteiger partial charge in [-0.15, -0.1) is 11.8 Å². The summed E-state index contributed by atoms with van der Waals surface area (Å²) in [7, 11) is 0. The highest BCUT2D eigenvalue weighted by atomic mass is 32.2. The molecule has 0 radical (unpaired) electrons. The lowest BCUT2D eigenvalue weighted by Crippen LogP contribution is -1.89. The van der Waals surface area contributed by atoms with Gasteiger partial charge in [-0.3, -0.25) is 0 Å². The van der Waals surface area contributed by atoms with Gasteiger partial charge >= 0.3 is 0 Å². The van der Waals surface area contributed by atoms with Crippen molar-refractivity contribution in [2.45, 2.75) is 10.6 Å². The third-order valence-electron chi connectivity index (χ3n) is 2.41. The maximum absolute atomic E-state index is 13.4. The highest BCUT2D eigenvalue weighted by molar-refractivity contribution is 7.98. The van der Waals surface area contributed by atoms with Crippen molar-refractivity contribution in [1.82, 2.24) is 0 Å². The zero-order valence-corrected chi connectivity index (χ0v) is 10.2. The first-order chi connectivity index (χ1) is 8.70. The number of thioether (sulfide) groups is 1. The van der Waals surface area contributed by atoms with E-state index in [1.54, 1.807) is 12.1 Å². The van der Waals surface area contributed by atoms with Gasteiger partial charge in [0.1, 0.15) is 11.6 Å². The molecule has 90 valence electrons. The van der Waals surface area contributed by atoms with E-state index in [0.717, 1.165) is 23.8 Å². The van der Waals surface area contributed by atoms with Crippen LogP contribution in [0, 0.1) is 23.0 Å². The van der Waals surface area contributed by atoms with Gasteiger partial charge < -0.3 is 0 Å². The Morgan fingerprint density at radius 1 is 1.11 bits per heavy atom. The highest BCUT2D eigenvalue weighted by Crippen LogP contribution is 2.27. The molecule has 0 bridgehead atoms. The fourth-order valence-corrected chi connectivity index (χ4v) is 2.46. The van der Waals surface area contributed by atoms with Gasteiger partial charge in [-0.2, -0.15) is 5.26 Å². The molecule has 0 aliphatic rings. The van der Waals surface area contributed by atoms with Crippen LogP contribution in [0.2, 0.25) is 0 Å². The topological polar surface area (TPSA) is 23.8 Å². The summed E-state index contributed by atoms with van der Waals surface area (Å²) in [5, 5.41) is 8.92.